The molecule has 0 aliphatic carbocycles. The molecule has 0 aromatic carbocycles. The van der Waals surface area contributed by atoms with Crippen LogP contribution >= 0.6 is 0 Å². The maximum absolute atomic E-state index is 11.9. The number of rotatable bonds is 6. The molecule has 0 radical (unpaired) electrons. The number of piperazine rings is 1. The van der Waals surface area contributed by atoms with Crippen LogP contribution in [-0.2, 0) is 11.3 Å². The number of hydrogen-bond donors (Lipinski definition) is 2. The lowest BCUT2D eigenvalue weighted by molar-refractivity contribution is -0.121. The lowest BCUT2D eigenvalue weighted by Crippen LogP contribution is -2.51. The van der Waals surface area contributed by atoms with Crippen LogP contribution in [0.4, 0.5) is 4.79 Å². The van der Waals surface area contributed by atoms with Crippen LogP contribution < -0.4 is 10.6 Å². The minimum atomic E-state index is -0.423. The normalized spacial score (nSPS) is 16.3. The second-order valence-corrected chi connectivity index (χ2v) is 6.64. The van der Waals surface area contributed by atoms with Gasteiger partial charge in [-0.1, -0.05) is 19.0 Å². The number of imide groups is 1. The van der Waals surface area contributed by atoms with E-state index >= 15 is 0 Å². The van der Waals surface area contributed by atoms with Gasteiger partial charge in [0.1, 0.15) is 0 Å². The van der Waals surface area contributed by atoms with Crippen LogP contribution in [0, 0.1) is 12.8 Å². The molecular formula is C16H27N5O3. The van der Waals surface area contributed by atoms with E-state index in [1.54, 1.807) is 0 Å². The van der Waals surface area contributed by atoms with Gasteiger partial charge in [-0.3, -0.25) is 19.9 Å². The Bertz CT molecular complexity index is 550. The van der Waals surface area contributed by atoms with Gasteiger partial charge in [-0.25, -0.2) is 4.79 Å². The summed E-state index contributed by atoms with van der Waals surface area (Å²) in [5.41, 5.74) is 0.885. The molecule has 8 nitrogen and oxygen atoms in total. The van der Waals surface area contributed by atoms with Gasteiger partial charge in [0.25, 0.3) is 0 Å². The third kappa shape index (κ3) is 6.29. The fraction of sp³-hybridized carbons (Fsp3) is 0.688. The van der Waals surface area contributed by atoms with Crippen molar-refractivity contribution in [2.45, 2.75) is 27.3 Å². The second-order valence-electron chi connectivity index (χ2n) is 6.64. The van der Waals surface area contributed by atoms with Crippen molar-refractivity contribution >= 4 is 11.9 Å². The number of urea groups is 1. The van der Waals surface area contributed by atoms with E-state index in [1.165, 1.54) is 0 Å². The van der Waals surface area contributed by atoms with Gasteiger partial charge in [0, 0.05) is 38.8 Å². The lowest BCUT2D eigenvalue weighted by Gasteiger charge is -2.33. The zero-order valence-electron chi connectivity index (χ0n) is 14.7. The van der Waals surface area contributed by atoms with Gasteiger partial charge in [-0.15, -0.1) is 0 Å². The molecule has 0 spiro atoms. The Balaban J connectivity index is 1.65. The molecule has 1 aliphatic rings. The number of aromatic nitrogens is 1. The van der Waals surface area contributed by atoms with Crippen molar-refractivity contribution < 1.29 is 14.1 Å². The molecule has 2 rings (SSSR count). The lowest BCUT2D eigenvalue weighted by atomic mass is 10.2. The highest BCUT2D eigenvalue weighted by Crippen LogP contribution is 2.09. The molecule has 1 fully saturated rings. The van der Waals surface area contributed by atoms with Gasteiger partial charge in [0.2, 0.25) is 5.91 Å². The fourth-order valence-electron chi connectivity index (χ4n) is 2.53. The van der Waals surface area contributed by atoms with Crippen LogP contribution in [-0.4, -0.2) is 66.2 Å². The standard InChI is InChI=1S/C16H27N5O3/c1-12(2)9-17-16(23)18-15(22)11-21-6-4-20(5-7-21)10-14-8-13(3)19-24-14/h8,12H,4-7,9-11H2,1-3H3,(H2,17,18,22,23). The van der Waals surface area contributed by atoms with E-state index in [2.05, 4.69) is 20.7 Å². The molecule has 0 unspecified atom stereocenters. The highest BCUT2D eigenvalue weighted by atomic mass is 16.5. The van der Waals surface area contributed by atoms with Crippen molar-refractivity contribution in [2.24, 2.45) is 5.92 Å². The minimum Gasteiger partial charge on any atom is -0.360 e. The summed E-state index contributed by atoms with van der Waals surface area (Å²) >= 11 is 0. The van der Waals surface area contributed by atoms with Crippen LogP contribution in [0.25, 0.3) is 0 Å². The van der Waals surface area contributed by atoms with Crippen LogP contribution in [0.1, 0.15) is 25.3 Å². The van der Waals surface area contributed by atoms with E-state index in [1.807, 2.05) is 31.7 Å². The van der Waals surface area contributed by atoms with Gasteiger partial charge < -0.3 is 9.84 Å². The first-order valence-electron chi connectivity index (χ1n) is 8.37. The number of carbonyl (C=O) groups is 2. The molecule has 134 valence electrons. The molecule has 1 aliphatic heterocycles. The zero-order chi connectivity index (χ0) is 17.5. The maximum Gasteiger partial charge on any atom is 0.321 e. The van der Waals surface area contributed by atoms with Gasteiger partial charge in [-0.05, 0) is 12.8 Å². The molecule has 8 heteroatoms. The van der Waals surface area contributed by atoms with Gasteiger partial charge in [-0.2, -0.15) is 0 Å². The van der Waals surface area contributed by atoms with Crippen molar-refractivity contribution in [1.82, 2.24) is 25.6 Å². The molecule has 1 aromatic rings. The quantitative estimate of drug-likeness (QED) is 0.789. The van der Waals surface area contributed by atoms with Crippen molar-refractivity contribution in [3.05, 3.63) is 17.5 Å². The third-order valence-electron chi connectivity index (χ3n) is 3.81. The Morgan fingerprint density at radius 2 is 1.92 bits per heavy atom. The second kappa shape index (κ2) is 8.79. The van der Waals surface area contributed by atoms with Gasteiger partial charge >= 0.3 is 6.03 Å². The predicted molar refractivity (Wildman–Crippen MR) is 89.3 cm³/mol. The molecule has 24 heavy (non-hydrogen) atoms. The first-order valence-corrected chi connectivity index (χ1v) is 8.37. The van der Waals surface area contributed by atoms with Crippen LogP contribution in [0.5, 0.6) is 0 Å². The molecule has 0 saturated carbocycles. The van der Waals surface area contributed by atoms with Crippen molar-refractivity contribution in [2.75, 3.05) is 39.3 Å². The summed E-state index contributed by atoms with van der Waals surface area (Å²) in [6.07, 6.45) is 0. The Kier molecular flexibility index (Phi) is 6.74. The van der Waals surface area contributed by atoms with E-state index < -0.39 is 6.03 Å². The average Bonchev–Trinajstić information content (AvgIpc) is 2.92. The minimum absolute atomic E-state index is 0.240. The average molecular weight is 337 g/mol. The van der Waals surface area contributed by atoms with Crippen molar-refractivity contribution in [3.8, 4) is 0 Å². The highest BCUT2D eigenvalue weighted by molar-refractivity contribution is 5.95. The smallest absolute Gasteiger partial charge is 0.321 e. The summed E-state index contributed by atoms with van der Waals surface area (Å²) in [7, 11) is 0. The zero-order valence-corrected chi connectivity index (χ0v) is 14.7. The molecule has 3 amide bonds. The number of nitrogens with zero attached hydrogens (tertiary/aromatic N) is 3. The Morgan fingerprint density at radius 3 is 2.50 bits per heavy atom. The Hall–Kier alpha value is -1.93. The summed E-state index contributed by atoms with van der Waals surface area (Å²) in [4.78, 5) is 27.8. The van der Waals surface area contributed by atoms with Crippen LogP contribution in [0.3, 0.4) is 0 Å². The fourth-order valence-corrected chi connectivity index (χ4v) is 2.53. The van der Waals surface area contributed by atoms with Crippen molar-refractivity contribution in [1.29, 1.82) is 0 Å². The molecule has 1 aromatic heterocycles. The monoisotopic (exact) mass is 337 g/mol. The number of aryl methyl sites for hydroxylation is 1. The molecule has 0 atom stereocenters. The van der Waals surface area contributed by atoms with E-state index in [0.29, 0.717) is 12.5 Å². The predicted octanol–water partition coefficient (Wildman–Crippen LogP) is 0.582. The summed E-state index contributed by atoms with van der Waals surface area (Å²) in [6, 6.07) is 1.52. The largest absolute Gasteiger partial charge is 0.360 e. The number of carbonyl (C=O) groups excluding carboxylic acids is 2. The molecule has 1 saturated heterocycles. The third-order valence-corrected chi connectivity index (χ3v) is 3.81. The van der Waals surface area contributed by atoms with E-state index in [-0.39, 0.29) is 12.5 Å². The Morgan fingerprint density at radius 1 is 1.25 bits per heavy atom. The first-order chi connectivity index (χ1) is 11.4. The first kappa shape index (κ1) is 18.4. The van der Waals surface area contributed by atoms with E-state index in [9.17, 15) is 9.59 Å². The van der Waals surface area contributed by atoms with E-state index in [0.717, 1.165) is 44.2 Å². The number of nitrogens with one attached hydrogen (secondary N) is 2. The molecular weight excluding hydrogens is 310 g/mol. The Labute approximate surface area is 142 Å². The van der Waals surface area contributed by atoms with Crippen LogP contribution in [0.15, 0.2) is 10.6 Å². The number of hydrogen-bond acceptors (Lipinski definition) is 6. The SMILES string of the molecule is Cc1cc(CN2CCN(CC(=O)NC(=O)NCC(C)C)CC2)on1. The molecule has 2 heterocycles. The summed E-state index contributed by atoms with van der Waals surface area (Å²) < 4.78 is 5.23. The topological polar surface area (TPSA) is 90.7 Å². The summed E-state index contributed by atoms with van der Waals surface area (Å²) in [5, 5.41) is 8.93. The summed E-state index contributed by atoms with van der Waals surface area (Å²) in [5.74, 6) is 0.947. The van der Waals surface area contributed by atoms with Crippen LogP contribution in [0.2, 0.25) is 0 Å². The van der Waals surface area contributed by atoms with E-state index in [4.69, 9.17) is 4.52 Å². The molecule has 2 N–H and O–H groups in total. The highest BCUT2D eigenvalue weighted by Gasteiger charge is 2.20. The maximum atomic E-state index is 11.9. The van der Waals surface area contributed by atoms with Gasteiger partial charge in [0.15, 0.2) is 5.76 Å². The number of amides is 3. The van der Waals surface area contributed by atoms with Gasteiger partial charge in [0.05, 0.1) is 18.8 Å². The van der Waals surface area contributed by atoms with Crippen molar-refractivity contribution in [3.63, 3.8) is 0 Å². The summed E-state index contributed by atoms with van der Waals surface area (Å²) in [6.45, 7) is 10.7. The molecule has 0 bridgehead atoms.